The van der Waals surface area contributed by atoms with Crippen LogP contribution in [0.3, 0.4) is 0 Å². The number of amides is 2. The minimum Gasteiger partial charge on any atom is -0.493 e. The van der Waals surface area contributed by atoms with Gasteiger partial charge in [-0.2, -0.15) is 0 Å². The van der Waals surface area contributed by atoms with Gasteiger partial charge in [0.1, 0.15) is 5.75 Å². The third-order valence-corrected chi connectivity index (χ3v) is 6.14. The van der Waals surface area contributed by atoms with Crippen molar-refractivity contribution >= 4 is 23.4 Å². The second-order valence-electron chi connectivity index (χ2n) is 8.01. The molecule has 0 unspecified atom stereocenters. The van der Waals surface area contributed by atoms with Gasteiger partial charge in [0.05, 0.1) is 24.6 Å². The van der Waals surface area contributed by atoms with Crippen molar-refractivity contribution in [2.24, 2.45) is 5.92 Å². The van der Waals surface area contributed by atoms with Gasteiger partial charge >= 0.3 is 0 Å². The van der Waals surface area contributed by atoms with E-state index in [1.807, 2.05) is 32.0 Å². The molecule has 2 aliphatic rings. The Morgan fingerprint density at radius 3 is 2.79 bits per heavy atom. The van der Waals surface area contributed by atoms with Crippen LogP contribution in [0.2, 0.25) is 5.02 Å². The Kier molecular flexibility index (Phi) is 5.26. The molecule has 0 aromatic heterocycles. The van der Waals surface area contributed by atoms with E-state index >= 15 is 0 Å². The fraction of sp³-hybridized carbons (Fsp3) is 0.391. The molecule has 2 heterocycles. The molecule has 6 heteroatoms. The maximum atomic E-state index is 13.3. The van der Waals surface area contributed by atoms with E-state index in [0.29, 0.717) is 18.1 Å². The van der Waals surface area contributed by atoms with Gasteiger partial charge in [-0.3, -0.25) is 9.59 Å². The topological polar surface area (TPSA) is 58.6 Å². The van der Waals surface area contributed by atoms with Crippen LogP contribution >= 0.6 is 11.6 Å². The number of nitrogens with one attached hydrogen (secondary N) is 1. The summed E-state index contributed by atoms with van der Waals surface area (Å²) in [7, 11) is 1.75. The van der Waals surface area contributed by atoms with Crippen LogP contribution in [0.4, 0.5) is 0 Å². The first kappa shape index (κ1) is 19.8. The monoisotopic (exact) mass is 412 g/mol. The van der Waals surface area contributed by atoms with Crippen molar-refractivity contribution in [3.8, 4) is 5.75 Å². The molecule has 152 valence electrons. The Morgan fingerprint density at radius 2 is 2.03 bits per heavy atom. The Balaban J connectivity index is 1.61. The summed E-state index contributed by atoms with van der Waals surface area (Å²) >= 11 is 6.16. The summed E-state index contributed by atoms with van der Waals surface area (Å²) in [5.41, 5.74) is 4.11. The Hall–Kier alpha value is -2.53. The molecule has 0 bridgehead atoms. The number of hydrogen-bond acceptors (Lipinski definition) is 3. The number of likely N-dealkylation sites (tertiary alicyclic amines) is 1. The van der Waals surface area contributed by atoms with Gasteiger partial charge in [0.2, 0.25) is 11.8 Å². The first-order valence-corrected chi connectivity index (χ1v) is 10.3. The van der Waals surface area contributed by atoms with Crippen LogP contribution < -0.4 is 10.1 Å². The molecule has 5 nitrogen and oxygen atoms in total. The van der Waals surface area contributed by atoms with Gasteiger partial charge in [0.15, 0.2) is 0 Å². The van der Waals surface area contributed by atoms with Crippen LogP contribution in [0.1, 0.15) is 47.2 Å². The van der Waals surface area contributed by atoms with Gasteiger partial charge in [-0.25, -0.2) is 0 Å². The predicted octanol–water partition coefficient (Wildman–Crippen LogP) is 4.12. The summed E-state index contributed by atoms with van der Waals surface area (Å²) in [6, 6.07) is 11.1. The number of ether oxygens (including phenoxy) is 1. The standard InChI is InChI=1S/C23H25ClN2O3/c1-13-9-14(2)22-17(10-13)19(7-8-29-22)25-23(28)18-12-20(27)26(3)21(18)15-5-4-6-16(24)11-15/h4-6,9-11,18-19,21H,7-8,12H2,1-3H3,(H,25,28)/t18-,19-,21-/m1/s1. The Labute approximate surface area is 176 Å². The van der Waals surface area contributed by atoms with E-state index in [1.165, 1.54) is 0 Å². The lowest BCUT2D eigenvalue weighted by Gasteiger charge is -2.31. The molecule has 3 atom stereocenters. The van der Waals surface area contributed by atoms with Gasteiger partial charge in [-0.05, 0) is 37.1 Å². The Bertz CT molecular complexity index is 975. The summed E-state index contributed by atoms with van der Waals surface area (Å²) in [6.45, 7) is 4.62. The van der Waals surface area contributed by atoms with E-state index < -0.39 is 5.92 Å². The molecule has 1 fully saturated rings. The number of fused-ring (bicyclic) bond motifs is 1. The minimum atomic E-state index is -0.455. The largest absolute Gasteiger partial charge is 0.493 e. The number of nitrogens with zero attached hydrogens (tertiary/aromatic N) is 1. The van der Waals surface area contributed by atoms with Crippen LogP contribution in [0.5, 0.6) is 5.75 Å². The zero-order valence-corrected chi connectivity index (χ0v) is 17.6. The van der Waals surface area contributed by atoms with Crippen molar-refractivity contribution in [2.75, 3.05) is 13.7 Å². The fourth-order valence-electron chi connectivity index (χ4n) is 4.56. The highest BCUT2D eigenvalue weighted by Crippen LogP contribution is 2.40. The maximum Gasteiger partial charge on any atom is 0.226 e. The van der Waals surface area contributed by atoms with E-state index in [1.54, 1.807) is 18.0 Å². The normalized spacial score (nSPS) is 23.5. The van der Waals surface area contributed by atoms with E-state index in [-0.39, 0.29) is 30.3 Å². The smallest absolute Gasteiger partial charge is 0.226 e. The lowest BCUT2D eigenvalue weighted by Crippen LogP contribution is -2.38. The zero-order chi connectivity index (χ0) is 20.7. The van der Waals surface area contributed by atoms with Gasteiger partial charge in [-0.15, -0.1) is 0 Å². The average molecular weight is 413 g/mol. The minimum absolute atomic E-state index is 0.0332. The molecule has 4 rings (SSSR count). The highest BCUT2D eigenvalue weighted by Gasteiger charge is 2.43. The van der Waals surface area contributed by atoms with E-state index in [0.717, 1.165) is 28.0 Å². The lowest BCUT2D eigenvalue weighted by atomic mass is 9.91. The molecule has 2 aromatic carbocycles. The molecule has 2 aromatic rings. The molecular weight excluding hydrogens is 388 g/mol. The SMILES string of the molecule is Cc1cc(C)c2c(c1)[C@H](NC(=O)[C@@H]1CC(=O)N(C)[C@@H]1c1cccc(Cl)c1)CCO2. The number of halogens is 1. The maximum absolute atomic E-state index is 13.3. The molecule has 1 N–H and O–H groups in total. The van der Waals surface area contributed by atoms with Gasteiger partial charge in [0.25, 0.3) is 0 Å². The van der Waals surface area contributed by atoms with Crippen molar-refractivity contribution in [1.82, 2.24) is 10.2 Å². The predicted molar refractivity (Wildman–Crippen MR) is 112 cm³/mol. The van der Waals surface area contributed by atoms with E-state index in [9.17, 15) is 9.59 Å². The highest BCUT2D eigenvalue weighted by molar-refractivity contribution is 6.30. The van der Waals surface area contributed by atoms with Crippen molar-refractivity contribution in [3.63, 3.8) is 0 Å². The van der Waals surface area contributed by atoms with Gasteiger partial charge in [0, 0.05) is 30.5 Å². The number of carbonyl (C=O) groups is 2. The van der Waals surface area contributed by atoms with Crippen molar-refractivity contribution in [3.05, 3.63) is 63.7 Å². The zero-order valence-electron chi connectivity index (χ0n) is 16.9. The first-order chi connectivity index (χ1) is 13.8. The van der Waals surface area contributed by atoms with E-state index in [4.69, 9.17) is 16.3 Å². The molecule has 29 heavy (non-hydrogen) atoms. The lowest BCUT2D eigenvalue weighted by molar-refractivity contribution is -0.128. The number of hydrogen-bond donors (Lipinski definition) is 1. The van der Waals surface area contributed by atoms with Gasteiger partial charge in [-0.1, -0.05) is 41.4 Å². The number of benzene rings is 2. The summed E-state index contributed by atoms with van der Waals surface area (Å²) in [4.78, 5) is 27.4. The Morgan fingerprint density at radius 1 is 1.24 bits per heavy atom. The molecular formula is C23H25ClN2O3. The van der Waals surface area contributed by atoms with Crippen LogP contribution in [-0.4, -0.2) is 30.4 Å². The van der Waals surface area contributed by atoms with Crippen LogP contribution in [0, 0.1) is 19.8 Å². The van der Waals surface area contributed by atoms with Crippen molar-refractivity contribution < 1.29 is 14.3 Å². The third kappa shape index (κ3) is 3.71. The molecule has 1 saturated heterocycles. The number of carbonyl (C=O) groups excluding carboxylic acids is 2. The quantitative estimate of drug-likeness (QED) is 0.825. The summed E-state index contributed by atoms with van der Waals surface area (Å²) in [5, 5.41) is 3.79. The van der Waals surface area contributed by atoms with Crippen LogP contribution in [0.15, 0.2) is 36.4 Å². The fourth-order valence-corrected chi connectivity index (χ4v) is 4.76. The second-order valence-corrected chi connectivity index (χ2v) is 8.45. The molecule has 0 radical (unpaired) electrons. The molecule has 0 aliphatic carbocycles. The van der Waals surface area contributed by atoms with Crippen LogP contribution in [0.25, 0.3) is 0 Å². The molecule has 0 saturated carbocycles. The van der Waals surface area contributed by atoms with Crippen molar-refractivity contribution in [2.45, 2.75) is 38.8 Å². The van der Waals surface area contributed by atoms with E-state index in [2.05, 4.69) is 17.4 Å². The molecule has 2 aliphatic heterocycles. The summed E-state index contributed by atoms with van der Waals surface area (Å²) in [6.07, 6.45) is 0.905. The highest BCUT2D eigenvalue weighted by atomic mass is 35.5. The molecule has 2 amide bonds. The summed E-state index contributed by atoms with van der Waals surface area (Å²) in [5.74, 6) is 0.264. The average Bonchev–Trinajstić information content (AvgIpc) is 2.97. The van der Waals surface area contributed by atoms with Crippen molar-refractivity contribution in [1.29, 1.82) is 0 Å². The summed E-state index contributed by atoms with van der Waals surface area (Å²) < 4.78 is 5.86. The van der Waals surface area contributed by atoms with Gasteiger partial charge < -0.3 is 15.0 Å². The number of aryl methyl sites for hydroxylation is 2. The number of rotatable bonds is 3. The second kappa shape index (κ2) is 7.71. The molecule has 0 spiro atoms. The van der Waals surface area contributed by atoms with Crippen LogP contribution in [-0.2, 0) is 9.59 Å². The first-order valence-electron chi connectivity index (χ1n) is 9.90. The third-order valence-electron chi connectivity index (χ3n) is 5.91.